The Morgan fingerprint density at radius 2 is 1.15 bits per heavy atom. The second-order valence-corrected chi connectivity index (χ2v) is 16.5. The summed E-state index contributed by atoms with van der Waals surface area (Å²) in [4.78, 5) is 0. The summed E-state index contributed by atoms with van der Waals surface area (Å²) in [6.07, 6.45) is -0.745. The van der Waals surface area contributed by atoms with Crippen molar-refractivity contribution < 1.29 is 4.42 Å². The van der Waals surface area contributed by atoms with Crippen LogP contribution in [0.4, 0.5) is 0 Å². The lowest BCUT2D eigenvalue weighted by molar-refractivity contribution is 0.386. The van der Waals surface area contributed by atoms with Gasteiger partial charge in [0.25, 0.3) is 0 Å². The molecule has 11 rings (SSSR count). The summed E-state index contributed by atoms with van der Waals surface area (Å²) in [5.41, 5.74) is 19.1. The van der Waals surface area contributed by atoms with Gasteiger partial charge in [0.05, 0.1) is 12.3 Å². The van der Waals surface area contributed by atoms with E-state index in [9.17, 15) is 0 Å². The van der Waals surface area contributed by atoms with Crippen LogP contribution in [0.15, 0.2) is 205 Å². The number of nitrogens with two attached hydrogens (primary N) is 1. The van der Waals surface area contributed by atoms with Gasteiger partial charge in [0.2, 0.25) is 0 Å². The van der Waals surface area contributed by atoms with Crippen LogP contribution in [0.25, 0.3) is 86.3 Å². The van der Waals surface area contributed by atoms with Gasteiger partial charge in [-0.2, -0.15) is 0 Å². The largest absolute Gasteiger partial charge is 0.456 e. The number of benzene rings is 9. The molecule has 4 N–H and O–H groups in total. The van der Waals surface area contributed by atoms with E-state index in [-0.39, 0.29) is 6.17 Å². The summed E-state index contributed by atoms with van der Waals surface area (Å²) in [6.45, 7) is 0.622. The molecule has 0 fully saturated rings. The Kier molecular flexibility index (Phi) is 9.29. The molecule has 0 aliphatic carbocycles. The molecule has 0 aliphatic heterocycles. The molecule has 60 heavy (non-hydrogen) atoms. The third kappa shape index (κ3) is 6.64. The minimum Gasteiger partial charge on any atom is -0.456 e. The van der Waals surface area contributed by atoms with E-state index in [2.05, 4.69) is 205 Å². The van der Waals surface area contributed by atoms with E-state index in [1.54, 1.807) is 0 Å². The monoisotopic (exact) mass is 791 g/mol. The van der Waals surface area contributed by atoms with E-state index in [4.69, 9.17) is 10.2 Å². The molecule has 0 bridgehead atoms. The molecule has 11 aromatic rings. The maximum atomic E-state index is 7.06. The Morgan fingerprint density at radius 1 is 0.467 bits per heavy atom. The summed E-state index contributed by atoms with van der Waals surface area (Å²) in [5, 5.41) is 15.0. The van der Waals surface area contributed by atoms with Crippen molar-refractivity contribution in [1.29, 1.82) is 0 Å². The fourth-order valence-electron chi connectivity index (χ4n) is 8.80. The molecule has 0 spiro atoms. The molecule has 0 amide bonds. The lowest BCUT2D eigenvalue weighted by Crippen LogP contribution is -2.39. The quantitative estimate of drug-likeness (QED) is 0.121. The van der Waals surface area contributed by atoms with Crippen molar-refractivity contribution in [2.24, 2.45) is 5.73 Å². The standard InChI is InChI=1S/C55H41N3OS/c56-54(40-21-12-20-39(31-40)36-14-4-1-5-15-36)58-55(41-27-28-45-50(32-41)59-49-25-13-24-42(52(45)49)37-16-6-2-7-17-37)57-34-35-26-29-51-47(30-35)48-33-46(38-18-8-3-9-19-38)43-22-10-11-23-44(43)53(48)60-51/h1-33,54-55,57-58H,34,56H2. The van der Waals surface area contributed by atoms with Crippen molar-refractivity contribution in [2.75, 3.05) is 0 Å². The third-order valence-electron chi connectivity index (χ3n) is 11.8. The zero-order valence-corrected chi connectivity index (χ0v) is 33.6. The molecule has 2 heterocycles. The molecule has 4 nitrogen and oxygen atoms in total. The molecule has 2 atom stereocenters. The van der Waals surface area contributed by atoms with E-state index < -0.39 is 6.17 Å². The Labute approximate surface area is 352 Å². The van der Waals surface area contributed by atoms with Gasteiger partial charge >= 0.3 is 0 Å². The van der Waals surface area contributed by atoms with Gasteiger partial charge in [-0.25, -0.2) is 0 Å². The molecule has 0 saturated heterocycles. The molecule has 288 valence electrons. The van der Waals surface area contributed by atoms with Gasteiger partial charge in [0, 0.05) is 42.9 Å². The van der Waals surface area contributed by atoms with Crippen LogP contribution in [-0.2, 0) is 6.54 Å². The fourth-order valence-corrected chi connectivity index (χ4v) is 10.0. The van der Waals surface area contributed by atoms with Crippen LogP contribution < -0.4 is 16.4 Å². The Morgan fingerprint density at radius 3 is 1.93 bits per heavy atom. The summed E-state index contributed by atoms with van der Waals surface area (Å²) >= 11 is 1.87. The molecule has 0 radical (unpaired) electrons. The summed E-state index contributed by atoms with van der Waals surface area (Å²) in [7, 11) is 0. The van der Waals surface area contributed by atoms with Crippen molar-refractivity contribution in [1.82, 2.24) is 10.6 Å². The van der Waals surface area contributed by atoms with Crippen LogP contribution in [0.2, 0.25) is 0 Å². The van der Waals surface area contributed by atoms with Crippen molar-refractivity contribution in [3.05, 3.63) is 217 Å². The first-order chi connectivity index (χ1) is 29.6. The fraction of sp³-hybridized carbons (Fsp3) is 0.0545. The first-order valence-electron chi connectivity index (χ1n) is 20.5. The zero-order valence-electron chi connectivity index (χ0n) is 32.8. The molecule has 5 heteroatoms. The van der Waals surface area contributed by atoms with Crippen LogP contribution in [0.5, 0.6) is 0 Å². The minimum absolute atomic E-state index is 0.296. The molecular formula is C55H41N3OS. The number of nitrogens with one attached hydrogen (secondary N) is 2. The highest BCUT2D eigenvalue weighted by atomic mass is 32.1. The molecule has 0 aliphatic rings. The predicted molar refractivity (Wildman–Crippen MR) is 253 cm³/mol. The maximum absolute atomic E-state index is 7.06. The lowest BCUT2D eigenvalue weighted by Gasteiger charge is -2.26. The van der Waals surface area contributed by atoms with E-state index in [0.717, 1.165) is 49.8 Å². The maximum Gasteiger partial charge on any atom is 0.136 e. The van der Waals surface area contributed by atoms with Crippen LogP contribution in [0.3, 0.4) is 0 Å². The van der Waals surface area contributed by atoms with Gasteiger partial charge in [-0.1, -0.05) is 164 Å². The van der Waals surface area contributed by atoms with Gasteiger partial charge in [-0.15, -0.1) is 11.3 Å². The number of rotatable bonds is 10. The molecule has 9 aromatic carbocycles. The van der Waals surface area contributed by atoms with E-state index in [1.807, 2.05) is 17.4 Å². The SMILES string of the molecule is NC(NC(NCc1ccc2sc3c4ccccc4c(-c4ccccc4)cc3c2c1)c1ccc2c(c1)oc1cccc(-c3ccccc3)c12)c1cccc(-c2ccccc2)c1. The highest BCUT2D eigenvalue weighted by Gasteiger charge is 2.20. The van der Waals surface area contributed by atoms with Crippen molar-refractivity contribution in [3.63, 3.8) is 0 Å². The van der Waals surface area contributed by atoms with E-state index in [1.165, 1.54) is 53.2 Å². The summed E-state index contributed by atoms with van der Waals surface area (Å²) in [6, 6.07) is 71.1. The lowest BCUT2D eigenvalue weighted by atomic mass is 9.95. The first kappa shape index (κ1) is 36.2. The van der Waals surface area contributed by atoms with Crippen LogP contribution in [-0.4, -0.2) is 0 Å². The Balaban J connectivity index is 0.970. The molecular weight excluding hydrogens is 751 g/mol. The van der Waals surface area contributed by atoms with Crippen molar-refractivity contribution in [3.8, 4) is 33.4 Å². The average Bonchev–Trinajstić information content (AvgIpc) is 3.89. The zero-order chi connectivity index (χ0) is 40.0. The molecule has 2 unspecified atom stereocenters. The number of thiophene rings is 1. The van der Waals surface area contributed by atoms with Crippen LogP contribution in [0, 0.1) is 0 Å². The van der Waals surface area contributed by atoms with Gasteiger partial charge in [-0.3, -0.25) is 10.6 Å². The van der Waals surface area contributed by atoms with Gasteiger partial charge in [-0.05, 0) is 91.9 Å². The van der Waals surface area contributed by atoms with E-state index >= 15 is 0 Å². The number of furan rings is 1. The number of fused-ring (bicyclic) bond motifs is 8. The summed E-state index contributed by atoms with van der Waals surface area (Å²) in [5.74, 6) is 0. The van der Waals surface area contributed by atoms with Gasteiger partial charge in [0.15, 0.2) is 0 Å². The van der Waals surface area contributed by atoms with Crippen LogP contribution >= 0.6 is 11.3 Å². The number of hydrogen-bond acceptors (Lipinski definition) is 5. The second-order valence-electron chi connectivity index (χ2n) is 15.5. The third-order valence-corrected chi connectivity index (χ3v) is 13.0. The molecule has 2 aromatic heterocycles. The van der Waals surface area contributed by atoms with Gasteiger partial charge < -0.3 is 10.2 Å². The highest BCUT2D eigenvalue weighted by Crippen LogP contribution is 2.43. The average molecular weight is 792 g/mol. The Hall–Kier alpha value is -6.86. The van der Waals surface area contributed by atoms with E-state index in [0.29, 0.717) is 6.54 Å². The second kappa shape index (κ2) is 15.4. The van der Waals surface area contributed by atoms with Gasteiger partial charge in [0.1, 0.15) is 11.2 Å². The first-order valence-corrected chi connectivity index (χ1v) is 21.3. The van der Waals surface area contributed by atoms with Crippen molar-refractivity contribution >= 4 is 64.2 Å². The van der Waals surface area contributed by atoms with Crippen molar-refractivity contribution in [2.45, 2.75) is 18.9 Å². The number of hydrogen-bond donors (Lipinski definition) is 3. The van der Waals surface area contributed by atoms with Crippen LogP contribution in [0.1, 0.15) is 29.0 Å². The predicted octanol–water partition coefficient (Wildman–Crippen LogP) is 14.1. The minimum atomic E-state index is -0.449. The Bertz CT molecular complexity index is 3320. The molecule has 0 saturated carbocycles. The topological polar surface area (TPSA) is 63.2 Å². The smallest absolute Gasteiger partial charge is 0.136 e. The normalized spacial score (nSPS) is 12.8. The summed E-state index contributed by atoms with van der Waals surface area (Å²) < 4.78 is 9.19. The highest BCUT2D eigenvalue weighted by molar-refractivity contribution is 7.26.